The minimum absolute atomic E-state index is 0.0292. The van der Waals surface area contributed by atoms with Crippen molar-refractivity contribution < 1.29 is 4.79 Å². The summed E-state index contributed by atoms with van der Waals surface area (Å²) >= 11 is 0. The zero-order chi connectivity index (χ0) is 20.9. The molecule has 1 aliphatic carbocycles. The lowest BCUT2D eigenvalue weighted by molar-refractivity contribution is 0.0943. The fourth-order valence-electron chi connectivity index (χ4n) is 4.00. The molecule has 1 saturated carbocycles. The van der Waals surface area contributed by atoms with Gasteiger partial charge in [0.15, 0.2) is 0 Å². The molecule has 1 amide bonds. The van der Waals surface area contributed by atoms with Crippen molar-refractivity contribution in [2.45, 2.75) is 31.7 Å². The second-order valence-corrected chi connectivity index (χ2v) is 8.09. The lowest BCUT2D eigenvalue weighted by Crippen LogP contribution is -2.34. The summed E-state index contributed by atoms with van der Waals surface area (Å²) in [6, 6.07) is 11.9. The van der Waals surface area contributed by atoms with E-state index in [2.05, 4.69) is 21.7 Å². The van der Waals surface area contributed by atoms with Gasteiger partial charge in [0.2, 0.25) is 5.95 Å². The number of aromatic nitrogens is 3. The summed E-state index contributed by atoms with van der Waals surface area (Å²) in [7, 11) is 4.01. The lowest BCUT2D eigenvalue weighted by atomic mass is 9.86. The van der Waals surface area contributed by atoms with Crippen molar-refractivity contribution in [3.63, 3.8) is 0 Å². The van der Waals surface area contributed by atoms with Crippen LogP contribution in [0.1, 0.15) is 36.0 Å². The number of carbonyl (C=O) groups excluding carboxylic acids is 1. The third kappa shape index (κ3) is 4.67. The summed E-state index contributed by atoms with van der Waals surface area (Å²) in [5, 5.41) is 7.65. The third-order valence-electron chi connectivity index (χ3n) is 5.68. The minimum Gasteiger partial charge on any atom is -0.362 e. The number of para-hydroxylation sites is 1. The van der Waals surface area contributed by atoms with Gasteiger partial charge in [0.1, 0.15) is 5.82 Å². The van der Waals surface area contributed by atoms with Gasteiger partial charge in [-0.1, -0.05) is 12.1 Å². The van der Waals surface area contributed by atoms with Crippen LogP contribution in [-0.4, -0.2) is 47.5 Å². The third-order valence-corrected chi connectivity index (χ3v) is 5.68. The molecule has 2 heterocycles. The van der Waals surface area contributed by atoms with Crippen LogP contribution in [0.15, 0.2) is 48.8 Å². The molecule has 0 aliphatic heterocycles. The number of carbonyl (C=O) groups is 1. The number of fused-ring (bicyclic) bond motifs is 1. The van der Waals surface area contributed by atoms with Crippen molar-refractivity contribution >= 4 is 28.6 Å². The molecule has 30 heavy (non-hydrogen) atoms. The second-order valence-electron chi connectivity index (χ2n) is 8.09. The molecule has 1 fully saturated rings. The SMILES string of the molecule is CN(C)c1nc(NC2CCC(CNC(=O)c3ccncc3)CC2)nc2ccccc12. The van der Waals surface area contributed by atoms with Gasteiger partial charge in [-0.3, -0.25) is 9.78 Å². The Labute approximate surface area is 176 Å². The molecule has 3 aromatic rings. The Kier molecular flexibility index (Phi) is 6.07. The number of anilines is 2. The van der Waals surface area contributed by atoms with Crippen molar-refractivity contribution in [2.75, 3.05) is 30.9 Å². The smallest absolute Gasteiger partial charge is 0.251 e. The fourth-order valence-corrected chi connectivity index (χ4v) is 4.00. The number of amides is 1. The molecule has 2 N–H and O–H groups in total. The van der Waals surface area contributed by atoms with Crippen LogP contribution in [0.5, 0.6) is 0 Å². The highest BCUT2D eigenvalue weighted by molar-refractivity contribution is 5.94. The molecule has 4 rings (SSSR count). The minimum atomic E-state index is -0.0292. The van der Waals surface area contributed by atoms with Gasteiger partial charge in [-0.15, -0.1) is 0 Å². The highest BCUT2D eigenvalue weighted by Gasteiger charge is 2.23. The van der Waals surface area contributed by atoms with Crippen LogP contribution in [0.2, 0.25) is 0 Å². The van der Waals surface area contributed by atoms with E-state index < -0.39 is 0 Å². The first kappa shape index (κ1) is 20.1. The quantitative estimate of drug-likeness (QED) is 0.654. The molecule has 7 heteroatoms. The van der Waals surface area contributed by atoms with Crippen molar-refractivity contribution in [1.82, 2.24) is 20.3 Å². The average molecular weight is 405 g/mol. The predicted octanol–water partition coefficient (Wildman–Crippen LogP) is 3.49. The topological polar surface area (TPSA) is 83.0 Å². The molecule has 0 spiro atoms. The van der Waals surface area contributed by atoms with Gasteiger partial charge in [0.05, 0.1) is 5.52 Å². The molecule has 2 aromatic heterocycles. The Hall–Kier alpha value is -3.22. The van der Waals surface area contributed by atoms with Gasteiger partial charge in [0, 0.05) is 50.0 Å². The molecule has 0 bridgehead atoms. The highest BCUT2D eigenvalue weighted by atomic mass is 16.1. The normalized spacial score (nSPS) is 18.7. The van der Waals surface area contributed by atoms with E-state index in [1.807, 2.05) is 37.2 Å². The molecular formula is C23H28N6O. The summed E-state index contributed by atoms with van der Waals surface area (Å²) in [6.45, 7) is 0.713. The molecule has 1 aromatic carbocycles. The Morgan fingerprint density at radius 3 is 2.50 bits per heavy atom. The summed E-state index contributed by atoms with van der Waals surface area (Å²) in [6.07, 6.45) is 7.52. The van der Waals surface area contributed by atoms with Gasteiger partial charge in [-0.2, -0.15) is 4.98 Å². The van der Waals surface area contributed by atoms with Crippen LogP contribution < -0.4 is 15.5 Å². The Morgan fingerprint density at radius 1 is 1.03 bits per heavy atom. The fraction of sp³-hybridized carbons (Fsp3) is 0.391. The first-order chi connectivity index (χ1) is 14.6. The van der Waals surface area contributed by atoms with Gasteiger partial charge in [-0.05, 0) is 55.9 Å². The standard InChI is InChI=1S/C23H28N6O/c1-29(2)21-19-5-3-4-6-20(19)27-23(28-21)26-18-9-7-16(8-10-18)15-25-22(30)17-11-13-24-14-12-17/h3-6,11-14,16,18H,7-10,15H2,1-2H3,(H,25,30)(H,26,27,28). The van der Waals surface area contributed by atoms with Crippen LogP contribution >= 0.6 is 0 Å². The van der Waals surface area contributed by atoms with Crippen molar-refractivity contribution in [3.8, 4) is 0 Å². The number of nitrogens with zero attached hydrogens (tertiary/aromatic N) is 4. The summed E-state index contributed by atoms with van der Waals surface area (Å²) in [5.41, 5.74) is 1.61. The van der Waals surface area contributed by atoms with Gasteiger partial charge >= 0.3 is 0 Å². The molecule has 156 valence electrons. The molecule has 0 radical (unpaired) electrons. The molecule has 7 nitrogen and oxygen atoms in total. The van der Waals surface area contributed by atoms with Crippen molar-refractivity contribution in [3.05, 3.63) is 54.4 Å². The Morgan fingerprint density at radius 2 is 1.77 bits per heavy atom. The molecule has 0 saturated heterocycles. The van der Waals surface area contributed by atoms with Gasteiger partial charge in [-0.25, -0.2) is 4.98 Å². The van der Waals surface area contributed by atoms with E-state index in [0.29, 0.717) is 30.0 Å². The maximum absolute atomic E-state index is 12.2. The molecule has 0 unspecified atom stereocenters. The average Bonchev–Trinajstić information content (AvgIpc) is 2.78. The van der Waals surface area contributed by atoms with E-state index in [1.165, 1.54) is 0 Å². The molecule has 0 atom stereocenters. The summed E-state index contributed by atoms with van der Waals surface area (Å²) in [4.78, 5) is 27.7. The summed E-state index contributed by atoms with van der Waals surface area (Å²) < 4.78 is 0. The number of hydrogen-bond donors (Lipinski definition) is 2. The summed E-state index contributed by atoms with van der Waals surface area (Å²) in [5.74, 6) is 2.09. The Balaban J connectivity index is 1.32. The van der Waals surface area contributed by atoms with E-state index in [9.17, 15) is 4.79 Å². The number of hydrogen-bond acceptors (Lipinski definition) is 6. The predicted molar refractivity (Wildman–Crippen MR) is 120 cm³/mol. The zero-order valence-electron chi connectivity index (χ0n) is 17.5. The van der Waals surface area contributed by atoms with E-state index in [1.54, 1.807) is 24.5 Å². The maximum atomic E-state index is 12.2. The largest absolute Gasteiger partial charge is 0.362 e. The molecular weight excluding hydrogens is 376 g/mol. The number of rotatable bonds is 6. The van der Waals surface area contributed by atoms with Gasteiger partial charge < -0.3 is 15.5 Å². The van der Waals surface area contributed by atoms with Crippen molar-refractivity contribution in [1.29, 1.82) is 0 Å². The monoisotopic (exact) mass is 404 g/mol. The highest BCUT2D eigenvalue weighted by Crippen LogP contribution is 2.28. The first-order valence-corrected chi connectivity index (χ1v) is 10.5. The maximum Gasteiger partial charge on any atom is 0.251 e. The Bertz CT molecular complexity index is 999. The van der Waals surface area contributed by atoms with E-state index in [0.717, 1.165) is 42.4 Å². The number of pyridine rings is 1. The van der Waals surface area contributed by atoms with E-state index in [-0.39, 0.29) is 5.91 Å². The van der Waals surface area contributed by atoms with Gasteiger partial charge in [0.25, 0.3) is 5.91 Å². The van der Waals surface area contributed by atoms with Crippen LogP contribution in [0.25, 0.3) is 10.9 Å². The number of benzene rings is 1. The van der Waals surface area contributed by atoms with Crippen LogP contribution in [0.3, 0.4) is 0 Å². The molecule has 1 aliphatic rings. The lowest BCUT2D eigenvalue weighted by Gasteiger charge is -2.29. The van der Waals surface area contributed by atoms with Crippen LogP contribution in [0, 0.1) is 5.92 Å². The second kappa shape index (κ2) is 9.07. The van der Waals surface area contributed by atoms with Crippen LogP contribution in [0.4, 0.5) is 11.8 Å². The van der Waals surface area contributed by atoms with E-state index in [4.69, 9.17) is 9.97 Å². The number of nitrogens with one attached hydrogen (secondary N) is 2. The van der Waals surface area contributed by atoms with Crippen molar-refractivity contribution in [2.24, 2.45) is 5.92 Å². The first-order valence-electron chi connectivity index (χ1n) is 10.5. The van der Waals surface area contributed by atoms with Crippen LogP contribution in [-0.2, 0) is 0 Å². The van der Waals surface area contributed by atoms with E-state index >= 15 is 0 Å². The zero-order valence-corrected chi connectivity index (χ0v) is 17.5.